The quantitative estimate of drug-likeness (QED) is 0.741. The molecule has 0 fully saturated rings. The number of nitrogens with one attached hydrogen (secondary N) is 1. The van der Waals surface area contributed by atoms with Crippen molar-refractivity contribution < 1.29 is 19.1 Å². The molecule has 0 aromatic heterocycles. The van der Waals surface area contributed by atoms with E-state index in [0.717, 1.165) is 16.3 Å². The van der Waals surface area contributed by atoms with E-state index in [1.54, 1.807) is 13.8 Å². The van der Waals surface area contributed by atoms with Crippen LogP contribution in [0.25, 0.3) is 10.8 Å². The van der Waals surface area contributed by atoms with Crippen LogP contribution in [0.5, 0.6) is 0 Å². The van der Waals surface area contributed by atoms with E-state index >= 15 is 0 Å². The summed E-state index contributed by atoms with van der Waals surface area (Å²) in [4.78, 5) is 35.8. The van der Waals surface area contributed by atoms with Crippen molar-refractivity contribution >= 4 is 28.6 Å². The molecular weight excluding hydrogens is 332 g/mol. The molecule has 0 spiro atoms. The molecule has 0 unspecified atom stereocenters. The molecule has 0 saturated heterocycles. The van der Waals surface area contributed by atoms with Crippen LogP contribution in [0.1, 0.15) is 26.3 Å². The van der Waals surface area contributed by atoms with Gasteiger partial charge in [-0.25, -0.2) is 4.79 Å². The number of hydrogen-bond acceptors (Lipinski definition) is 4. The number of primary amides is 1. The monoisotopic (exact) mass is 356 g/mol. The lowest BCUT2D eigenvalue weighted by atomic mass is 10.0. The van der Waals surface area contributed by atoms with Gasteiger partial charge >= 0.3 is 5.97 Å². The Morgan fingerprint density at radius 3 is 2.35 bits per heavy atom. The van der Waals surface area contributed by atoms with Crippen LogP contribution in [0, 0.1) is 5.92 Å². The zero-order chi connectivity index (χ0) is 19.3. The number of benzene rings is 2. The van der Waals surface area contributed by atoms with Gasteiger partial charge in [-0.1, -0.05) is 56.3 Å². The van der Waals surface area contributed by atoms with E-state index in [9.17, 15) is 14.4 Å². The second-order valence-corrected chi connectivity index (χ2v) is 6.59. The van der Waals surface area contributed by atoms with Crippen molar-refractivity contribution in [2.75, 3.05) is 0 Å². The second kappa shape index (κ2) is 8.47. The van der Waals surface area contributed by atoms with Crippen molar-refractivity contribution in [3.8, 4) is 0 Å². The number of esters is 1. The van der Waals surface area contributed by atoms with Gasteiger partial charge in [0.15, 0.2) is 6.10 Å². The van der Waals surface area contributed by atoms with Crippen molar-refractivity contribution in [2.45, 2.75) is 39.3 Å². The maximum atomic E-state index is 12.5. The maximum Gasteiger partial charge on any atom is 0.329 e. The maximum absolute atomic E-state index is 12.5. The normalized spacial score (nSPS) is 13.2. The van der Waals surface area contributed by atoms with Gasteiger partial charge in [0.2, 0.25) is 5.91 Å². The molecule has 2 atom stereocenters. The predicted molar refractivity (Wildman–Crippen MR) is 99.2 cm³/mol. The lowest BCUT2D eigenvalue weighted by Crippen LogP contribution is -2.47. The Bertz CT molecular complexity index is 811. The molecule has 2 aromatic carbocycles. The molecular formula is C20H24N2O4. The summed E-state index contributed by atoms with van der Waals surface area (Å²) in [6, 6.07) is 12.7. The predicted octanol–water partition coefficient (Wildman–Crippen LogP) is 1.94. The van der Waals surface area contributed by atoms with Crippen LogP contribution in [0.4, 0.5) is 0 Å². The third-order valence-electron chi connectivity index (χ3n) is 4.16. The first-order valence-corrected chi connectivity index (χ1v) is 8.55. The van der Waals surface area contributed by atoms with E-state index in [4.69, 9.17) is 10.5 Å². The molecule has 26 heavy (non-hydrogen) atoms. The smallest absolute Gasteiger partial charge is 0.329 e. The highest BCUT2D eigenvalue weighted by atomic mass is 16.5. The van der Waals surface area contributed by atoms with Crippen LogP contribution < -0.4 is 11.1 Å². The van der Waals surface area contributed by atoms with Crippen molar-refractivity contribution in [1.29, 1.82) is 0 Å². The number of ether oxygens (including phenoxy) is 1. The second-order valence-electron chi connectivity index (χ2n) is 6.59. The number of hydrogen-bond donors (Lipinski definition) is 2. The molecule has 6 nitrogen and oxygen atoms in total. The van der Waals surface area contributed by atoms with Gasteiger partial charge in [-0.05, 0) is 29.2 Å². The highest BCUT2D eigenvalue weighted by Gasteiger charge is 2.28. The van der Waals surface area contributed by atoms with E-state index in [1.807, 2.05) is 42.5 Å². The van der Waals surface area contributed by atoms with Gasteiger partial charge in [-0.15, -0.1) is 0 Å². The first kappa shape index (κ1) is 19.4. The number of amides is 2. The largest absolute Gasteiger partial charge is 0.451 e. The fourth-order valence-corrected chi connectivity index (χ4v) is 2.65. The lowest BCUT2D eigenvalue weighted by molar-refractivity contribution is -0.157. The molecule has 2 aromatic rings. The summed E-state index contributed by atoms with van der Waals surface area (Å²) in [6.45, 7) is 4.98. The van der Waals surface area contributed by atoms with Gasteiger partial charge < -0.3 is 15.8 Å². The molecule has 2 rings (SSSR count). The molecule has 6 heteroatoms. The fourth-order valence-electron chi connectivity index (χ4n) is 2.65. The molecule has 0 radical (unpaired) electrons. The molecule has 0 heterocycles. The van der Waals surface area contributed by atoms with Crippen molar-refractivity contribution in [2.24, 2.45) is 11.7 Å². The Morgan fingerprint density at radius 1 is 1.04 bits per heavy atom. The van der Waals surface area contributed by atoms with Crippen molar-refractivity contribution in [1.82, 2.24) is 5.32 Å². The number of fused-ring (bicyclic) bond motifs is 1. The molecule has 3 N–H and O–H groups in total. The van der Waals surface area contributed by atoms with Crippen LogP contribution >= 0.6 is 0 Å². The Kier molecular flexibility index (Phi) is 6.33. The first-order valence-electron chi connectivity index (χ1n) is 8.55. The molecule has 0 aliphatic heterocycles. The average molecular weight is 356 g/mol. The minimum absolute atomic E-state index is 0.142. The molecule has 2 amide bonds. The number of nitrogens with two attached hydrogens (primary N) is 1. The summed E-state index contributed by atoms with van der Waals surface area (Å²) in [6.07, 6.45) is -0.901. The molecule has 0 aliphatic rings. The Morgan fingerprint density at radius 2 is 1.69 bits per heavy atom. The van der Waals surface area contributed by atoms with E-state index in [2.05, 4.69) is 5.32 Å². The zero-order valence-corrected chi connectivity index (χ0v) is 15.2. The lowest BCUT2D eigenvalue weighted by Gasteiger charge is -2.22. The van der Waals surface area contributed by atoms with Crippen LogP contribution in [0.2, 0.25) is 0 Å². The summed E-state index contributed by atoms with van der Waals surface area (Å²) in [5.41, 5.74) is 5.99. The number of rotatable bonds is 7. The molecule has 0 saturated carbocycles. The Balaban J connectivity index is 2.10. The van der Waals surface area contributed by atoms with E-state index in [0.29, 0.717) is 0 Å². The van der Waals surface area contributed by atoms with Crippen molar-refractivity contribution in [3.63, 3.8) is 0 Å². The van der Waals surface area contributed by atoms with Crippen molar-refractivity contribution in [3.05, 3.63) is 48.0 Å². The summed E-state index contributed by atoms with van der Waals surface area (Å²) in [7, 11) is 0. The van der Waals surface area contributed by atoms with Gasteiger partial charge in [-0.3, -0.25) is 9.59 Å². The van der Waals surface area contributed by atoms with E-state index < -0.39 is 24.0 Å². The standard InChI is InChI=1S/C20H24N2O4/c1-12(2)18(20(25)26-13(3)19(21)24)22-17(23)11-15-9-6-8-14-7-4-5-10-16(14)15/h4-10,12-13,18H,11H2,1-3H3,(H2,21,24)(H,22,23)/t13-,18+/m1/s1. The fraction of sp³-hybridized carbons (Fsp3) is 0.350. The van der Waals surface area contributed by atoms with Gasteiger partial charge in [-0.2, -0.15) is 0 Å². The molecule has 138 valence electrons. The van der Waals surface area contributed by atoms with Gasteiger partial charge in [0, 0.05) is 0 Å². The first-order chi connectivity index (χ1) is 12.3. The zero-order valence-electron chi connectivity index (χ0n) is 15.2. The van der Waals surface area contributed by atoms with E-state index in [1.165, 1.54) is 6.92 Å². The van der Waals surface area contributed by atoms with E-state index in [-0.39, 0.29) is 18.2 Å². The van der Waals surface area contributed by atoms with Crippen LogP contribution in [0.15, 0.2) is 42.5 Å². The summed E-state index contributed by atoms with van der Waals surface area (Å²) >= 11 is 0. The molecule has 0 aliphatic carbocycles. The van der Waals surface area contributed by atoms with Crippen LogP contribution in [-0.2, 0) is 25.5 Å². The summed E-state index contributed by atoms with van der Waals surface area (Å²) < 4.78 is 5.03. The third kappa shape index (κ3) is 4.81. The summed E-state index contributed by atoms with van der Waals surface area (Å²) in [5, 5.41) is 4.75. The van der Waals surface area contributed by atoms with Crippen LogP contribution in [-0.4, -0.2) is 29.9 Å². The highest BCUT2D eigenvalue weighted by molar-refractivity contribution is 5.92. The summed E-state index contributed by atoms with van der Waals surface area (Å²) in [5.74, 6) is -1.89. The average Bonchev–Trinajstić information content (AvgIpc) is 2.59. The van der Waals surface area contributed by atoms with Crippen LogP contribution in [0.3, 0.4) is 0 Å². The minimum atomic E-state index is -1.04. The Labute approximate surface area is 152 Å². The highest BCUT2D eigenvalue weighted by Crippen LogP contribution is 2.19. The number of carbonyl (C=O) groups is 3. The topological polar surface area (TPSA) is 98.5 Å². The Hall–Kier alpha value is -2.89. The van der Waals surface area contributed by atoms with Gasteiger partial charge in [0.25, 0.3) is 5.91 Å². The number of carbonyl (C=O) groups excluding carboxylic acids is 3. The van der Waals surface area contributed by atoms with Gasteiger partial charge in [0.05, 0.1) is 6.42 Å². The minimum Gasteiger partial charge on any atom is -0.451 e. The SMILES string of the molecule is CC(C)[C@H](NC(=O)Cc1cccc2ccccc12)C(=O)O[C@H](C)C(N)=O. The third-order valence-corrected chi connectivity index (χ3v) is 4.16. The molecule has 0 bridgehead atoms. The van der Waals surface area contributed by atoms with Gasteiger partial charge in [0.1, 0.15) is 6.04 Å².